The molecule has 0 saturated heterocycles. The molecule has 0 aliphatic rings. The summed E-state index contributed by atoms with van der Waals surface area (Å²) in [5.74, 6) is -0.175. The highest BCUT2D eigenvalue weighted by molar-refractivity contribution is 7.91. The second kappa shape index (κ2) is 7.25. The Balaban J connectivity index is 1.79. The summed E-state index contributed by atoms with van der Waals surface area (Å²) < 4.78 is 36.0. The number of sulfone groups is 1. The van der Waals surface area contributed by atoms with Crippen LogP contribution in [0.5, 0.6) is 5.75 Å². The summed E-state index contributed by atoms with van der Waals surface area (Å²) >= 11 is 0. The Labute approximate surface area is 168 Å². The van der Waals surface area contributed by atoms with Gasteiger partial charge in [0.25, 0.3) is 5.91 Å². The maximum atomic E-state index is 12.9. The maximum Gasteiger partial charge on any atom is 0.257 e. The maximum absolute atomic E-state index is 12.9. The van der Waals surface area contributed by atoms with Crippen LogP contribution in [-0.2, 0) is 9.84 Å². The first-order valence-corrected chi connectivity index (χ1v) is 10.7. The first-order valence-electron chi connectivity index (χ1n) is 9.07. The number of fused-ring (bicyclic) bond motifs is 3. The van der Waals surface area contributed by atoms with Gasteiger partial charge in [0.1, 0.15) is 16.9 Å². The fraction of sp³-hybridized carbons (Fsp3) is 0.136. The second-order valence-corrected chi connectivity index (χ2v) is 8.75. The molecule has 1 aromatic heterocycles. The molecule has 3 aromatic carbocycles. The minimum atomic E-state index is -3.54. The lowest BCUT2D eigenvalue weighted by atomic mass is 10.1. The van der Waals surface area contributed by atoms with E-state index in [0.717, 1.165) is 16.4 Å². The molecule has 4 rings (SSSR count). The van der Waals surface area contributed by atoms with Gasteiger partial charge < -0.3 is 14.5 Å². The van der Waals surface area contributed by atoms with Gasteiger partial charge in [0, 0.05) is 16.8 Å². The first kappa shape index (κ1) is 19.0. The van der Waals surface area contributed by atoms with E-state index in [9.17, 15) is 13.2 Å². The molecule has 1 amide bonds. The molecule has 1 heterocycles. The van der Waals surface area contributed by atoms with Crippen LogP contribution in [0.4, 0.5) is 5.69 Å². The Bertz CT molecular complexity index is 1340. The zero-order valence-electron chi connectivity index (χ0n) is 15.9. The van der Waals surface area contributed by atoms with Gasteiger partial charge in [0.15, 0.2) is 9.84 Å². The SMILES string of the molecule is CCS(=O)(=O)c1ccccc1C(=O)Nc1cc2oc3ccccc3c2cc1OC. The number of methoxy groups -OCH3 is 1. The lowest BCUT2D eigenvalue weighted by Gasteiger charge is -2.12. The fourth-order valence-corrected chi connectivity index (χ4v) is 4.38. The zero-order chi connectivity index (χ0) is 20.6. The number of rotatable bonds is 5. The number of amides is 1. The van der Waals surface area contributed by atoms with Crippen molar-refractivity contribution >= 4 is 43.4 Å². The molecule has 0 radical (unpaired) electrons. The quantitative estimate of drug-likeness (QED) is 0.519. The van der Waals surface area contributed by atoms with Crippen molar-refractivity contribution in [3.63, 3.8) is 0 Å². The number of hydrogen-bond donors (Lipinski definition) is 1. The topological polar surface area (TPSA) is 85.6 Å². The summed E-state index contributed by atoms with van der Waals surface area (Å²) in [6.45, 7) is 1.54. The van der Waals surface area contributed by atoms with Crippen LogP contribution in [0.2, 0.25) is 0 Å². The first-order chi connectivity index (χ1) is 13.9. The molecule has 0 saturated carbocycles. The summed E-state index contributed by atoms with van der Waals surface area (Å²) in [5, 5.41) is 4.57. The number of hydrogen-bond acceptors (Lipinski definition) is 5. The number of carbonyl (C=O) groups excluding carboxylic acids is 1. The van der Waals surface area contributed by atoms with E-state index in [1.807, 2.05) is 24.3 Å². The summed E-state index contributed by atoms with van der Waals surface area (Å²) in [4.78, 5) is 12.9. The van der Waals surface area contributed by atoms with E-state index in [2.05, 4.69) is 5.32 Å². The van der Waals surface area contributed by atoms with E-state index in [1.54, 1.807) is 31.2 Å². The predicted octanol–water partition coefficient (Wildman–Crippen LogP) is 4.64. The largest absolute Gasteiger partial charge is 0.495 e. The highest BCUT2D eigenvalue weighted by atomic mass is 32.2. The van der Waals surface area contributed by atoms with Gasteiger partial charge in [0.05, 0.1) is 29.0 Å². The van der Waals surface area contributed by atoms with Crippen molar-refractivity contribution in [2.24, 2.45) is 0 Å². The average molecular weight is 409 g/mol. The Morgan fingerprint density at radius 1 is 1.00 bits per heavy atom. The second-order valence-electron chi connectivity index (χ2n) is 6.50. The van der Waals surface area contributed by atoms with Gasteiger partial charge in [-0.15, -0.1) is 0 Å². The van der Waals surface area contributed by atoms with Crippen LogP contribution < -0.4 is 10.1 Å². The van der Waals surface area contributed by atoms with E-state index in [-0.39, 0.29) is 16.2 Å². The van der Waals surface area contributed by atoms with E-state index in [0.29, 0.717) is 17.0 Å². The van der Waals surface area contributed by atoms with Gasteiger partial charge >= 0.3 is 0 Å². The van der Waals surface area contributed by atoms with E-state index in [1.165, 1.54) is 19.2 Å². The van der Waals surface area contributed by atoms with Crippen molar-refractivity contribution in [1.29, 1.82) is 0 Å². The zero-order valence-corrected chi connectivity index (χ0v) is 16.7. The number of ether oxygens (including phenoxy) is 1. The Hall–Kier alpha value is -3.32. The number of para-hydroxylation sites is 1. The minimum Gasteiger partial charge on any atom is -0.495 e. The van der Waals surface area contributed by atoms with Crippen LogP contribution in [0, 0.1) is 0 Å². The van der Waals surface area contributed by atoms with Gasteiger partial charge in [-0.3, -0.25) is 4.79 Å². The normalized spacial score (nSPS) is 11.7. The number of carbonyl (C=O) groups is 1. The molecule has 0 aliphatic carbocycles. The van der Waals surface area contributed by atoms with Gasteiger partial charge in [-0.1, -0.05) is 37.3 Å². The lowest BCUT2D eigenvalue weighted by Crippen LogP contribution is -2.17. The molecule has 0 bridgehead atoms. The van der Waals surface area contributed by atoms with Gasteiger partial charge in [-0.2, -0.15) is 0 Å². The number of benzene rings is 3. The Morgan fingerprint density at radius 3 is 2.48 bits per heavy atom. The summed E-state index contributed by atoms with van der Waals surface area (Å²) in [6.07, 6.45) is 0. The van der Waals surface area contributed by atoms with Crippen LogP contribution in [0.15, 0.2) is 70.0 Å². The molecule has 29 heavy (non-hydrogen) atoms. The molecule has 0 spiro atoms. The van der Waals surface area contributed by atoms with Crippen molar-refractivity contribution in [3.05, 3.63) is 66.2 Å². The number of furan rings is 1. The smallest absolute Gasteiger partial charge is 0.257 e. The fourth-order valence-electron chi connectivity index (χ4n) is 3.29. The lowest BCUT2D eigenvalue weighted by molar-refractivity contribution is 0.102. The van der Waals surface area contributed by atoms with Crippen molar-refractivity contribution in [1.82, 2.24) is 0 Å². The minimum absolute atomic E-state index is 0.00350. The van der Waals surface area contributed by atoms with E-state index < -0.39 is 15.7 Å². The highest BCUT2D eigenvalue weighted by Crippen LogP contribution is 2.36. The third-order valence-electron chi connectivity index (χ3n) is 4.79. The molecular weight excluding hydrogens is 390 g/mol. The van der Waals surface area contributed by atoms with Crippen molar-refractivity contribution < 1.29 is 22.4 Å². The summed E-state index contributed by atoms with van der Waals surface area (Å²) in [5.41, 5.74) is 1.80. The summed E-state index contributed by atoms with van der Waals surface area (Å²) in [6, 6.07) is 17.3. The molecule has 0 fully saturated rings. The standard InChI is InChI=1S/C22H19NO5S/c1-3-29(25,26)21-11-7-5-9-15(21)22(24)23-17-13-19-16(12-20(17)27-2)14-8-4-6-10-18(14)28-19/h4-13H,3H2,1-2H3,(H,23,24). The monoisotopic (exact) mass is 409 g/mol. The van der Waals surface area contributed by atoms with Crippen LogP contribution in [0.25, 0.3) is 21.9 Å². The summed E-state index contributed by atoms with van der Waals surface area (Å²) in [7, 11) is -2.04. The van der Waals surface area contributed by atoms with Crippen LogP contribution in [0.3, 0.4) is 0 Å². The van der Waals surface area contributed by atoms with Crippen LogP contribution in [0.1, 0.15) is 17.3 Å². The molecule has 0 unspecified atom stereocenters. The van der Waals surface area contributed by atoms with E-state index >= 15 is 0 Å². The van der Waals surface area contributed by atoms with Crippen LogP contribution >= 0.6 is 0 Å². The third kappa shape index (κ3) is 3.34. The van der Waals surface area contributed by atoms with Crippen molar-refractivity contribution in [2.75, 3.05) is 18.2 Å². The van der Waals surface area contributed by atoms with Gasteiger partial charge in [-0.05, 0) is 24.3 Å². The highest BCUT2D eigenvalue weighted by Gasteiger charge is 2.22. The van der Waals surface area contributed by atoms with E-state index in [4.69, 9.17) is 9.15 Å². The van der Waals surface area contributed by atoms with Crippen LogP contribution in [-0.4, -0.2) is 27.2 Å². The van der Waals surface area contributed by atoms with Crippen molar-refractivity contribution in [2.45, 2.75) is 11.8 Å². The van der Waals surface area contributed by atoms with Gasteiger partial charge in [-0.25, -0.2) is 8.42 Å². The average Bonchev–Trinajstić information content (AvgIpc) is 3.10. The van der Waals surface area contributed by atoms with Gasteiger partial charge in [0.2, 0.25) is 0 Å². The van der Waals surface area contributed by atoms with Crippen molar-refractivity contribution in [3.8, 4) is 5.75 Å². The Morgan fingerprint density at radius 2 is 1.72 bits per heavy atom. The molecule has 148 valence electrons. The molecule has 0 atom stereocenters. The molecule has 6 nitrogen and oxygen atoms in total. The molecule has 1 N–H and O–H groups in total. The third-order valence-corrected chi connectivity index (χ3v) is 6.58. The molecular formula is C22H19NO5S. The Kier molecular flexibility index (Phi) is 4.76. The number of nitrogens with one attached hydrogen (secondary N) is 1. The number of anilines is 1. The molecule has 7 heteroatoms. The predicted molar refractivity (Wildman–Crippen MR) is 112 cm³/mol. The molecule has 4 aromatic rings. The molecule has 0 aliphatic heterocycles.